The average Bonchev–Trinajstić information content (AvgIpc) is 2.76. The minimum atomic E-state index is -0.197. The molecule has 1 aliphatic carbocycles. The van der Waals surface area contributed by atoms with Crippen molar-refractivity contribution in [2.45, 2.75) is 38.2 Å². The predicted octanol–water partition coefficient (Wildman–Crippen LogP) is 2.72. The molecule has 0 unspecified atom stereocenters. The van der Waals surface area contributed by atoms with Gasteiger partial charge in [-0.25, -0.2) is 0 Å². The van der Waals surface area contributed by atoms with Crippen molar-refractivity contribution in [3.63, 3.8) is 0 Å². The summed E-state index contributed by atoms with van der Waals surface area (Å²) in [5.74, 6) is 0.251. The number of halogens is 1. The van der Waals surface area contributed by atoms with Crippen LogP contribution in [-0.2, 0) is 11.2 Å². The monoisotopic (exact) mass is 331 g/mol. The minimum absolute atomic E-state index is 0.100. The van der Waals surface area contributed by atoms with E-state index in [0.717, 1.165) is 36.6 Å². The molecule has 0 aliphatic heterocycles. The van der Waals surface area contributed by atoms with E-state index in [1.165, 1.54) is 4.88 Å². The zero-order valence-electron chi connectivity index (χ0n) is 10.2. The number of carbonyl (C=O) groups excluding carboxylic acids is 1. The number of nitrogens with one attached hydrogen (secondary N) is 1. The van der Waals surface area contributed by atoms with Crippen molar-refractivity contribution in [2.75, 3.05) is 6.54 Å². The Morgan fingerprint density at radius 1 is 1.44 bits per heavy atom. The molecule has 1 aliphatic rings. The molecule has 1 fully saturated rings. The van der Waals surface area contributed by atoms with Crippen molar-refractivity contribution in [3.05, 3.63) is 20.8 Å². The number of amides is 1. The van der Waals surface area contributed by atoms with Crippen LogP contribution in [-0.4, -0.2) is 23.7 Å². The van der Waals surface area contributed by atoms with E-state index >= 15 is 0 Å². The van der Waals surface area contributed by atoms with Gasteiger partial charge in [0.2, 0.25) is 5.91 Å². The number of rotatable bonds is 4. The van der Waals surface area contributed by atoms with Crippen LogP contribution >= 0.6 is 27.3 Å². The summed E-state index contributed by atoms with van der Waals surface area (Å²) in [5, 5.41) is 14.5. The van der Waals surface area contributed by atoms with E-state index in [4.69, 9.17) is 0 Å². The Morgan fingerprint density at radius 3 is 2.78 bits per heavy atom. The summed E-state index contributed by atoms with van der Waals surface area (Å²) < 4.78 is 1.11. The quantitative estimate of drug-likeness (QED) is 0.891. The van der Waals surface area contributed by atoms with Gasteiger partial charge in [-0.15, -0.1) is 11.3 Å². The van der Waals surface area contributed by atoms with Crippen LogP contribution < -0.4 is 5.32 Å². The van der Waals surface area contributed by atoms with Crippen LogP contribution in [0.25, 0.3) is 0 Å². The number of hydrogen-bond acceptors (Lipinski definition) is 3. The second-order valence-electron chi connectivity index (χ2n) is 4.78. The zero-order valence-corrected chi connectivity index (χ0v) is 12.6. The second kappa shape index (κ2) is 6.68. The summed E-state index contributed by atoms with van der Waals surface area (Å²) >= 11 is 5.13. The first kappa shape index (κ1) is 14.0. The maximum atomic E-state index is 11.9. The minimum Gasteiger partial charge on any atom is -0.393 e. The summed E-state index contributed by atoms with van der Waals surface area (Å²) in [7, 11) is 0. The largest absolute Gasteiger partial charge is 0.393 e. The fourth-order valence-electron chi connectivity index (χ4n) is 2.28. The molecule has 1 saturated carbocycles. The van der Waals surface area contributed by atoms with Crippen molar-refractivity contribution in [3.8, 4) is 0 Å². The highest BCUT2D eigenvalue weighted by Crippen LogP contribution is 2.24. The lowest BCUT2D eigenvalue weighted by Crippen LogP contribution is -2.35. The molecule has 1 aromatic heterocycles. The molecule has 2 rings (SSSR count). The van der Waals surface area contributed by atoms with Crippen molar-refractivity contribution < 1.29 is 9.90 Å². The Hall–Kier alpha value is -0.390. The average molecular weight is 332 g/mol. The van der Waals surface area contributed by atoms with Crippen LogP contribution in [0.5, 0.6) is 0 Å². The molecule has 0 radical (unpaired) electrons. The van der Waals surface area contributed by atoms with Gasteiger partial charge in [-0.1, -0.05) is 0 Å². The highest BCUT2D eigenvalue weighted by molar-refractivity contribution is 9.10. The van der Waals surface area contributed by atoms with E-state index < -0.39 is 0 Å². The zero-order chi connectivity index (χ0) is 13.0. The fraction of sp³-hybridized carbons (Fsp3) is 0.615. The van der Waals surface area contributed by atoms with Gasteiger partial charge >= 0.3 is 0 Å². The van der Waals surface area contributed by atoms with Gasteiger partial charge in [0.05, 0.1) is 6.10 Å². The van der Waals surface area contributed by atoms with Crippen molar-refractivity contribution >= 4 is 33.2 Å². The van der Waals surface area contributed by atoms with Gasteiger partial charge in [-0.2, -0.15) is 0 Å². The topological polar surface area (TPSA) is 49.3 Å². The molecule has 0 spiro atoms. The second-order valence-corrected chi connectivity index (χ2v) is 6.69. The number of carbonyl (C=O) groups is 1. The van der Waals surface area contributed by atoms with Gasteiger partial charge in [-0.3, -0.25) is 4.79 Å². The molecular formula is C13H18BrNO2S. The molecule has 18 heavy (non-hydrogen) atoms. The van der Waals surface area contributed by atoms with E-state index in [1.54, 1.807) is 11.3 Å². The molecule has 100 valence electrons. The first-order valence-electron chi connectivity index (χ1n) is 6.34. The Morgan fingerprint density at radius 2 is 2.17 bits per heavy atom. The van der Waals surface area contributed by atoms with Gasteiger partial charge in [0.25, 0.3) is 0 Å². The molecule has 1 amide bonds. The maximum Gasteiger partial charge on any atom is 0.223 e. The van der Waals surface area contributed by atoms with Gasteiger partial charge in [0.1, 0.15) is 0 Å². The molecule has 0 aromatic carbocycles. The van der Waals surface area contributed by atoms with Crippen LogP contribution in [0, 0.1) is 5.92 Å². The Labute approximate surface area is 120 Å². The third kappa shape index (κ3) is 4.07. The summed E-state index contributed by atoms with van der Waals surface area (Å²) in [6.45, 7) is 0.699. The first-order chi connectivity index (χ1) is 8.65. The van der Waals surface area contributed by atoms with Gasteiger partial charge in [0, 0.05) is 27.2 Å². The smallest absolute Gasteiger partial charge is 0.223 e. The van der Waals surface area contributed by atoms with Crippen molar-refractivity contribution in [1.82, 2.24) is 5.32 Å². The molecule has 5 heteroatoms. The molecule has 0 saturated heterocycles. The maximum absolute atomic E-state index is 11.9. The lowest BCUT2D eigenvalue weighted by molar-refractivity contribution is -0.126. The Balaban J connectivity index is 1.68. The normalized spacial score (nSPS) is 23.9. The molecule has 3 nitrogen and oxygen atoms in total. The van der Waals surface area contributed by atoms with Crippen LogP contribution in [0.4, 0.5) is 0 Å². The van der Waals surface area contributed by atoms with Crippen LogP contribution in [0.3, 0.4) is 0 Å². The van der Waals surface area contributed by atoms with Gasteiger partial charge < -0.3 is 10.4 Å². The lowest BCUT2D eigenvalue weighted by Gasteiger charge is -2.24. The standard InChI is InChI=1S/C13H18BrNO2S/c14-10-7-12(18-8-10)5-6-15-13(17)9-1-3-11(16)4-2-9/h7-9,11,16H,1-6H2,(H,15,17). The highest BCUT2D eigenvalue weighted by Gasteiger charge is 2.24. The molecule has 1 heterocycles. The Bertz CT molecular complexity index is 399. The lowest BCUT2D eigenvalue weighted by atomic mass is 9.87. The molecule has 2 N–H and O–H groups in total. The summed E-state index contributed by atoms with van der Waals surface area (Å²) in [6.07, 6.45) is 3.84. The summed E-state index contributed by atoms with van der Waals surface area (Å²) in [6, 6.07) is 2.09. The number of thiophene rings is 1. The Kier molecular flexibility index (Phi) is 5.21. The summed E-state index contributed by atoms with van der Waals surface area (Å²) in [5.41, 5.74) is 0. The van der Waals surface area contributed by atoms with Gasteiger partial charge in [-0.05, 0) is 54.1 Å². The van der Waals surface area contributed by atoms with Crippen molar-refractivity contribution in [1.29, 1.82) is 0 Å². The van der Waals surface area contributed by atoms with Crippen LogP contribution in [0.1, 0.15) is 30.6 Å². The van der Waals surface area contributed by atoms with E-state index in [9.17, 15) is 9.90 Å². The third-order valence-electron chi connectivity index (χ3n) is 3.36. The fourth-order valence-corrected chi connectivity index (χ4v) is 3.73. The molecule has 0 atom stereocenters. The highest BCUT2D eigenvalue weighted by atomic mass is 79.9. The van der Waals surface area contributed by atoms with Crippen LogP contribution in [0.2, 0.25) is 0 Å². The van der Waals surface area contributed by atoms with Gasteiger partial charge in [0.15, 0.2) is 0 Å². The van der Waals surface area contributed by atoms with E-state index in [1.807, 2.05) is 0 Å². The number of aliphatic hydroxyl groups excluding tert-OH is 1. The van der Waals surface area contributed by atoms with Crippen LogP contribution in [0.15, 0.2) is 15.9 Å². The third-order valence-corrected chi connectivity index (χ3v) is 5.12. The SMILES string of the molecule is O=C(NCCc1cc(Br)cs1)C1CCC(O)CC1. The van der Waals surface area contributed by atoms with E-state index in [2.05, 4.69) is 32.7 Å². The first-order valence-corrected chi connectivity index (χ1v) is 8.01. The summed E-state index contributed by atoms with van der Waals surface area (Å²) in [4.78, 5) is 13.2. The predicted molar refractivity (Wildman–Crippen MR) is 76.7 cm³/mol. The van der Waals surface area contributed by atoms with E-state index in [-0.39, 0.29) is 17.9 Å². The van der Waals surface area contributed by atoms with Crippen molar-refractivity contribution in [2.24, 2.45) is 5.92 Å². The molecule has 0 bridgehead atoms. The number of aliphatic hydroxyl groups is 1. The van der Waals surface area contributed by atoms with E-state index in [0.29, 0.717) is 6.54 Å². The molecular weight excluding hydrogens is 314 g/mol. The number of hydrogen-bond donors (Lipinski definition) is 2. The molecule has 1 aromatic rings.